The van der Waals surface area contributed by atoms with Crippen LogP contribution >= 0.6 is 0 Å². The molecule has 1 N–H and O–H groups in total. The van der Waals surface area contributed by atoms with Crippen LogP contribution in [-0.2, 0) is 0 Å². The van der Waals surface area contributed by atoms with E-state index >= 15 is 0 Å². The van der Waals surface area contributed by atoms with Crippen molar-refractivity contribution in [3.8, 4) is 0 Å². The topological polar surface area (TPSA) is 29.1 Å². The van der Waals surface area contributed by atoms with Crippen molar-refractivity contribution in [1.82, 2.24) is 5.32 Å². The molecule has 2 heteroatoms. The lowest BCUT2D eigenvalue weighted by Gasteiger charge is -2.05. The van der Waals surface area contributed by atoms with Gasteiger partial charge in [-0.25, -0.2) is 0 Å². The van der Waals surface area contributed by atoms with Crippen LogP contribution in [0.5, 0.6) is 0 Å². The van der Waals surface area contributed by atoms with Crippen molar-refractivity contribution in [1.29, 1.82) is 0 Å². The fourth-order valence-electron chi connectivity index (χ4n) is 2.53. The van der Waals surface area contributed by atoms with E-state index in [0.29, 0.717) is 11.7 Å². The van der Waals surface area contributed by atoms with Gasteiger partial charge in [0.05, 0.1) is 0 Å². The molecule has 1 aliphatic heterocycles. The van der Waals surface area contributed by atoms with E-state index in [-0.39, 0.29) is 5.92 Å². The molecule has 2 unspecified atom stereocenters. The first kappa shape index (κ1) is 7.27. The second-order valence-electron chi connectivity index (χ2n) is 3.82. The summed E-state index contributed by atoms with van der Waals surface area (Å²) < 4.78 is 0. The summed E-state index contributed by atoms with van der Waals surface area (Å²) >= 11 is 0. The van der Waals surface area contributed by atoms with Gasteiger partial charge in [0.1, 0.15) is 0 Å². The third-order valence-corrected chi connectivity index (χ3v) is 3.18. The summed E-state index contributed by atoms with van der Waals surface area (Å²) in [6.07, 6.45) is 0. The molecule has 0 radical (unpaired) electrons. The Morgan fingerprint density at radius 1 is 1.15 bits per heavy atom. The van der Waals surface area contributed by atoms with Gasteiger partial charge in [-0.05, 0) is 5.56 Å². The molecule has 0 saturated carbocycles. The van der Waals surface area contributed by atoms with Gasteiger partial charge in [0.2, 0.25) is 0 Å². The van der Waals surface area contributed by atoms with Gasteiger partial charge in [-0.2, -0.15) is 0 Å². The van der Waals surface area contributed by atoms with E-state index < -0.39 is 0 Å². The number of rotatable bonds is 0. The molecule has 1 saturated heterocycles. The summed E-state index contributed by atoms with van der Waals surface area (Å²) in [4.78, 5) is 11.8. The van der Waals surface area contributed by atoms with Crippen LogP contribution in [0.1, 0.15) is 21.8 Å². The number of benzene rings is 1. The second-order valence-corrected chi connectivity index (χ2v) is 3.82. The molecule has 1 fully saturated rings. The highest BCUT2D eigenvalue weighted by Gasteiger charge is 2.41. The van der Waals surface area contributed by atoms with Gasteiger partial charge < -0.3 is 5.32 Å². The Morgan fingerprint density at radius 2 is 1.92 bits per heavy atom. The van der Waals surface area contributed by atoms with E-state index in [1.807, 2.05) is 18.2 Å². The van der Waals surface area contributed by atoms with Crippen LogP contribution < -0.4 is 5.32 Å². The Kier molecular flexibility index (Phi) is 1.35. The van der Waals surface area contributed by atoms with Crippen molar-refractivity contribution < 1.29 is 4.79 Å². The van der Waals surface area contributed by atoms with Crippen molar-refractivity contribution in [2.75, 3.05) is 13.1 Å². The minimum Gasteiger partial charge on any atom is -0.315 e. The maximum Gasteiger partial charge on any atom is 0.168 e. The van der Waals surface area contributed by atoms with Gasteiger partial charge in [0.15, 0.2) is 5.78 Å². The molecule has 2 aliphatic rings. The molecule has 1 aromatic carbocycles. The molecule has 0 bridgehead atoms. The van der Waals surface area contributed by atoms with E-state index in [1.54, 1.807) is 0 Å². The summed E-state index contributed by atoms with van der Waals surface area (Å²) in [6.45, 7) is 1.82. The number of carbonyl (C=O) groups is 1. The van der Waals surface area contributed by atoms with Crippen LogP contribution in [0.2, 0.25) is 0 Å². The molecule has 13 heavy (non-hydrogen) atoms. The van der Waals surface area contributed by atoms with Crippen LogP contribution in [0.25, 0.3) is 0 Å². The number of carbonyl (C=O) groups excluding carboxylic acids is 1. The van der Waals surface area contributed by atoms with Crippen molar-refractivity contribution >= 4 is 5.78 Å². The van der Waals surface area contributed by atoms with Gasteiger partial charge in [-0.15, -0.1) is 0 Å². The SMILES string of the molecule is O=C1c2ccccc2C2CNCC12. The monoisotopic (exact) mass is 173 g/mol. The largest absolute Gasteiger partial charge is 0.315 e. The lowest BCUT2D eigenvalue weighted by Crippen LogP contribution is -2.15. The lowest BCUT2D eigenvalue weighted by molar-refractivity contribution is 0.0940. The number of Topliss-reactive ketones (excluding diaryl/α,β-unsaturated/α-hetero) is 1. The fraction of sp³-hybridized carbons (Fsp3) is 0.364. The van der Waals surface area contributed by atoms with E-state index in [0.717, 1.165) is 18.7 Å². The zero-order chi connectivity index (χ0) is 8.84. The Hall–Kier alpha value is -1.15. The molecule has 2 atom stereocenters. The molecule has 2 nitrogen and oxygen atoms in total. The Morgan fingerprint density at radius 3 is 2.85 bits per heavy atom. The Balaban J connectivity index is 2.19. The maximum absolute atomic E-state index is 11.8. The molecule has 1 heterocycles. The molecule has 0 aromatic heterocycles. The van der Waals surface area contributed by atoms with E-state index in [1.165, 1.54) is 5.56 Å². The average molecular weight is 173 g/mol. The molecule has 0 amide bonds. The van der Waals surface area contributed by atoms with E-state index in [9.17, 15) is 4.79 Å². The van der Waals surface area contributed by atoms with Gasteiger partial charge in [0.25, 0.3) is 0 Å². The zero-order valence-corrected chi connectivity index (χ0v) is 7.29. The highest BCUT2D eigenvalue weighted by molar-refractivity contribution is 6.03. The highest BCUT2D eigenvalue weighted by atomic mass is 16.1. The van der Waals surface area contributed by atoms with Gasteiger partial charge in [-0.3, -0.25) is 4.79 Å². The number of hydrogen-bond acceptors (Lipinski definition) is 2. The standard InChI is InChI=1S/C11H11NO/c13-11-8-4-2-1-3-7(8)9-5-12-6-10(9)11/h1-4,9-10,12H,5-6H2. The number of fused-ring (bicyclic) bond motifs is 3. The summed E-state index contributed by atoms with van der Waals surface area (Å²) in [5, 5.41) is 3.27. The molecular formula is C11H11NO. The van der Waals surface area contributed by atoms with Crippen molar-refractivity contribution in [2.45, 2.75) is 5.92 Å². The van der Waals surface area contributed by atoms with Crippen LogP contribution in [0.4, 0.5) is 0 Å². The third-order valence-electron chi connectivity index (χ3n) is 3.18. The minimum atomic E-state index is 0.220. The Bertz CT molecular complexity index is 372. The predicted molar refractivity (Wildman–Crippen MR) is 49.9 cm³/mol. The molecule has 0 spiro atoms. The molecule has 3 rings (SSSR count). The van der Waals surface area contributed by atoms with E-state index in [4.69, 9.17) is 0 Å². The normalized spacial score (nSPS) is 30.3. The zero-order valence-electron chi connectivity index (χ0n) is 7.29. The summed E-state index contributed by atoms with van der Waals surface area (Å²) in [6, 6.07) is 8.01. The van der Waals surface area contributed by atoms with Crippen LogP contribution in [0, 0.1) is 5.92 Å². The highest BCUT2D eigenvalue weighted by Crippen LogP contribution is 2.39. The summed E-state index contributed by atoms with van der Waals surface area (Å²) in [5.41, 5.74) is 2.21. The summed E-state index contributed by atoms with van der Waals surface area (Å²) in [7, 11) is 0. The number of hydrogen-bond donors (Lipinski definition) is 1. The number of nitrogens with one attached hydrogen (secondary N) is 1. The number of ketones is 1. The average Bonchev–Trinajstić information content (AvgIpc) is 2.72. The lowest BCUT2D eigenvalue weighted by atomic mass is 9.96. The van der Waals surface area contributed by atoms with Crippen molar-refractivity contribution in [3.05, 3.63) is 35.4 Å². The van der Waals surface area contributed by atoms with Gasteiger partial charge in [0, 0.05) is 30.5 Å². The predicted octanol–water partition coefficient (Wildman–Crippen LogP) is 1.19. The van der Waals surface area contributed by atoms with Crippen LogP contribution in [-0.4, -0.2) is 18.9 Å². The van der Waals surface area contributed by atoms with Gasteiger partial charge in [-0.1, -0.05) is 24.3 Å². The first-order valence-corrected chi connectivity index (χ1v) is 4.72. The smallest absolute Gasteiger partial charge is 0.168 e. The molecule has 66 valence electrons. The quantitative estimate of drug-likeness (QED) is 0.638. The first-order chi connectivity index (χ1) is 6.38. The van der Waals surface area contributed by atoms with Crippen molar-refractivity contribution in [2.24, 2.45) is 5.92 Å². The van der Waals surface area contributed by atoms with Crippen LogP contribution in [0.15, 0.2) is 24.3 Å². The van der Waals surface area contributed by atoms with Gasteiger partial charge >= 0.3 is 0 Å². The third kappa shape index (κ3) is 0.838. The molecular weight excluding hydrogens is 162 g/mol. The van der Waals surface area contributed by atoms with E-state index in [2.05, 4.69) is 11.4 Å². The molecule has 1 aliphatic carbocycles. The summed E-state index contributed by atoms with van der Waals surface area (Å²) in [5.74, 6) is 1.01. The first-order valence-electron chi connectivity index (χ1n) is 4.72. The minimum absolute atomic E-state index is 0.220. The fourth-order valence-corrected chi connectivity index (χ4v) is 2.53. The maximum atomic E-state index is 11.8. The Labute approximate surface area is 77.0 Å². The van der Waals surface area contributed by atoms with Crippen LogP contribution in [0.3, 0.4) is 0 Å². The second kappa shape index (κ2) is 2.42. The van der Waals surface area contributed by atoms with Crippen molar-refractivity contribution in [3.63, 3.8) is 0 Å². The molecule has 1 aromatic rings.